The second-order valence-electron chi connectivity index (χ2n) is 4.93. The normalized spacial score (nSPS) is 29.4. The largest absolute Gasteiger partial charge is 0.376 e. The van der Waals surface area contributed by atoms with Gasteiger partial charge in [-0.15, -0.1) is 0 Å². The number of imide groups is 1. The second kappa shape index (κ2) is 5.77. The first-order chi connectivity index (χ1) is 8.59. The van der Waals surface area contributed by atoms with Gasteiger partial charge in [-0.3, -0.25) is 14.5 Å². The third-order valence-electron chi connectivity index (χ3n) is 3.18. The number of amides is 2. The number of hydrogen-bond donors (Lipinski definition) is 1. The molecule has 0 aromatic rings. The zero-order chi connectivity index (χ0) is 13.1. The minimum absolute atomic E-state index is 0.0326. The summed E-state index contributed by atoms with van der Waals surface area (Å²) in [5.74, 6) is -0.236. The van der Waals surface area contributed by atoms with E-state index in [0.717, 1.165) is 0 Å². The van der Waals surface area contributed by atoms with Crippen molar-refractivity contribution in [2.24, 2.45) is 0 Å². The molecule has 18 heavy (non-hydrogen) atoms. The number of nitrogens with zero attached hydrogens (tertiary/aromatic N) is 1. The lowest BCUT2D eigenvalue weighted by Crippen LogP contribution is -2.46. The lowest BCUT2D eigenvalue weighted by atomic mass is 10.2. The summed E-state index contributed by atoms with van der Waals surface area (Å²) < 4.78 is 10.8. The molecule has 2 fully saturated rings. The maximum Gasteiger partial charge on any atom is 0.247 e. The summed E-state index contributed by atoms with van der Waals surface area (Å²) >= 11 is 0. The van der Waals surface area contributed by atoms with E-state index in [0.29, 0.717) is 26.4 Å². The Labute approximate surface area is 107 Å². The molecule has 0 radical (unpaired) electrons. The number of nitrogens with one attached hydrogen (secondary N) is 1. The summed E-state index contributed by atoms with van der Waals surface area (Å²) in [5.41, 5.74) is 0. The van der Waals surface area contributed by atoms with Crippen LogP contribution in [-0.4, -0.2) is 61.3 Å². The topological polar surface area (TPSA) is 67.9 Å². The van der Waals surface area contributed by atoms with Crippen molar-refractivity contribution in [2.45, 2.75) is 38.5 Å². The van der Waals surface area contributed by atoms with Crippen LogP contribution in [0.3, 0.4) is 0 Å². The summed E-state index contributed by atoms with van der Waals surface area (Å²) in [5, 5.41) is 3.10. The second-order valence-corrected chi connectivity index (χ2v) is 4.93. The van der Waals surface area contributed by atoms with E-state index in [1.165, 1.54) is 4.90 Å². The van der Waals surface area contributed by atoms with Crippen molar-refractivity contribution in [3.63, 3.8) is 0 Å². The predicted molar refractivity (Wildman–Crippen MR) is 64.0 cm³/mol. The third-order valence-corrected chi connectivity index (χ3v) is 3.18. The van der Waals surface area contributed by atoms with Gasteiger partial charge in [0.15, 0.2) is 0 Å². The Morgan fingerprint density at radius 2 is 2.17 bits per heavy atom. The molecule has 6 heteroatoms. The Hall–Kier alpha value is -0.980. The van der Waals surface area contributed by atoms with E-state index in [-0.39, 0.29) is 30.4 Å². The van der Waals surface area contributed by atoms with E-state index < -0.39 is 6.04 Å². The quantitative estimate of drug-likeness (QED) is 0.689. The van der Waals surface area contributed by atoms with Crippen molar-refractivity contribution in [1.29, 1.82) is 0 Å². The molecular weight excluding hydrogens is 236 g/mol. The van der Waals surface area contributed by atoms with Crippen molar-refractivity contribution in [2.75, 3.05) is 26.4 Å². The molecule has 2 atom stereocenters. The minimum Gasteiger partial charge on any atom is -0.376 e. The van der Waals surface area contributed by atoms with Crippen LogP contribution in [0.15, 0.2) is 0 Å². The average molecular weight is 256 g/mol. The van der Waals surface area contributed by atoms with Crippen LogP contribution in [-0.2, 0) is 19.1 Å². The van der Waals surface area contributed by atoms with Gasteiger partial charge in [0.1, 0.15) is 0 Å². The summed E-state index contributed by atoms with van der Waals surface area (Å²) in [7, 11) is 0. The van der Waals surface area contributed by atoms with Crippen molar-refractivity contribution in [1.82, 2.24) is 10.2 Å². The molecule has 2 unspecified atom stereocenters. The van der Waals surface area contributed by atoms with Gasteiger partial charge in [0.25, 0.3) is 0 Å². The highest BCUT2D eigenvalue weighted by atomic mass is 16.6. The molecule has 0 aliphatic carbocycles. The fourth-order valence-electron chi connectivity index (χ4n) is 2.28. The summed E-state index contributed by atoms with van der Waals surface area (Å²) in [6, 6.07) is -0.489. The molecule has 0 spiro atoms. The number of likely N-dealkylation sites (tertiary alicyclic amines) is 1. The molecule has 1 N–H and O–H groups in total. The highest BCUT2D eigenvalue weighted by Crippen LogP contribution is 2.16. The summed E-state index contributed by atoms with van der Waals surface area (Å²) in [6.07, 6.45) is 0.208. The maximum atomic E-state index is 12.0. The first kappa shape index (κ1) is 13.5. The molecule has 6 nitrogen and oxygen atoms in total. The highest BCUT2D eigenvalue weighted by Gasteiger charge is 2.39. The van der Waals surface area contributed by atoms with E-state index in [2.05, 4.69) is 5.32 Å². The molecule has 0 saturated carbocycles. The van der Waals surface area contributed by atoms with Gasteiger partial charge in [0.2, 0.25) is 11.8 Å². The predicted octanol–water partition coefficient (Wildman–Crippen LogP) is -0.473. The van der Waals surface area contributed by atoms with Crippen LogP contribution in [0, 0.1) is 0 Å². The van der Waals surface area contributed by atoms with Crippen LogP contribution in [0.5, 0.6) is 0 Å². The van der Waals surface area contributed by atoms with Crippen LogP contribution >= 0.6 is 0 Å². The molecule has 2 aliphatic heterocycles. The molecular formula is C12H20N2O4. The molecule has 102 valence electrons. The monoisotopic (exact) mass is 256 g/mol. The molecule has 2 rings (SSSR count). The first-order valence-corrected chi connectivity index (χ1v) is 6.38. The highest BCUT2D eigenvalue weighted by molar-refractivity contribution is 6.05. The minimum atomic E-state index is -0.412. The zero-order valence-corrected chi connectivity index (χ0v) is 10.8. The molecule has 0 bridgehead atoms. The Morgan fingerprint density at radius 1 is 1.39 bits per heavy atom. The van der Waals surface area contributed by atoms with Crippen molar-refractivity contribution in [3.05, 3.63) is 0 Å². The number of carbonyl (C=O) groups excluding carboxylic acids is 2. The molecule has 0 aromatic carbocycles. The number of hydrogen-bond acceptors (Lipinski definition) is 5. The lowest BCUT2D eigenvalue weighted by molar-refractivity contribution is -0.140. The molecule has 0 aromatic heterocycles. The SMILES string of the molecule is CC(C)N1C(=O)CC(NCC2COCCO2)C1=O. The van der Waals surface area contributed by atoms with Crippen molar-refractivity contribution >= 4 is 11.8 Å². The average Bonchev–Trinajstić information content (AvgIpc) is 2.63. The molecule has 2 amide bonds. The smallest absolute Gasteiger partial charge is 0.247 e. The molecule has 2 aliphatic rings. The van der Waals surface area contributed by atoms with Gasteiger partial charge in [-0.25, -0.2) is 0 Å². The molecule has 2 saturated heterocycles. The summed E-state index contributed by atoms with van der Waals surface area (Å²) in [6.45, 7) is 5.97. The fourth-order valence-corrected chi connectivity index (χ4v) is 2.28. The van der Waals surface area contributed by atoms with E-state index in [9.17, 15) is 9.59 Å². The van der Waals surface area contributed by atoms with Gasteiger partial charge in [-0.05, 0) is 13.8 Å². The van der Waals surface area contributed by atoms with E-state index >= 15 is 0 Å². The Balaban J connectivity index is 1.83. The van der Waals surface area contributed by atoms with Gasteiger partial charge in [0, 0.05) is 12.6 Å². The van der Waals surface area contributed by atoms with Gasteiger partial charge in [0.05, 0.1) is 38.4 Å². The van der Waals surface area contributed by atoms with E-state index in [1.807, 2.05) is 13.8 Å². The van der Waals surface area contributed by atoms with Crippen molar-refractivity contribution < 1.29 is 19.1 Å². The van der Waals surface area contributed by atoms with E-state index in [1.54, 1.807) is 0 Å². The van der Waals surface area contributed by atoms with Crippen molar-refractivity contribution in [3.8, 4) is 0 Å². The van der Waals surface area contributed by atoms with Gasteiger partial charge < -0.3 is 14.8 Å². The maximum absolute atomic E-state index is 12.0. The zero-order valence-electron chi connectivity index (χ0n) is 10.8. The van der Waals surface area contributed by atoms with Gasteiger partial charge in [-0.2, -0.15) is 0 Å². The standard InChI is InChI=1S/C12H20N2O4/c1-8(2)14-11(15)5-10(12(14)16)13-6-9-7-17-3-4-18-9/h8-10,13H,3-7H2,1-2H3. The number of rotatable bonds is 4. The number of ether oxygens (including phenoxy) is 2. The fraction of sp³-hybridized carbons (Fsp3) is 0.833. The van der Waals surface area contributed by atoms with Gasteiger partial charge in [-0.1, -0.05) is 0 Å². The van der Waals surface area contributed by atoms with Crippen LogP contribution in [0.4, 0.5) is 0 Å². The molecule has 2 heterocycles. The van der Waals surface area contributed by atoms with Crippen LogP contribution in [0.1, 0.15) is 20.3 Å². The first-order valence-electron chi connectivity index (χ1n) is 6.38. The lowest BCUT2D eigenvalue weighted by Gasteiger charge is -2.24. The van der Waals surface area contributed by atoms with Crippen LogP contribution < -0.4 is 5.32 Å². The Kier molecular flexibility index (Phi) is 4.31. The third kappa shape index (κ3) is 2.88. The summed E-state index contributed by atoms with van der Waals surface area (Å²) in [4.78, 5) is 25.0. The van der Waals surface area contributed by atoms with E-state index in [4.69, 9.17) is 9.47 Å². The Morgan fingerprint density at radius 3 is 2.72 bits per heavy atom. The van der Waals surface area contributed by atoms with Crippen LogP contribution in [0.25, 0.3) is 0 Å². The van der Waals surface area contributed by atoms with Gasteiger partial charge >= 0.3 is 0 Å². The van der Waals surface area contributed by atoms with Crippen LogP contribution in [0.2, 0.25) is 0 Å². The Bertz CT molecular complexity index is 326. The number of carbonyl (C=O) groups is 2.